The van der Waals surface area contributed by atoms with Crippen molar-refractivity contribution in [3.63, 3.8) is 0 Å². The molecule has 7 nitrogen and oxygen atoms in total. The topological polar surface area (TPSA) is 78.3 Å². The molecule has 1 aliphatic carbocycles. The van der Waals surface area contributed by atoms with Crippen molar-refractivity contribution >= 4 is 35.0 Å². The minimum atomic E-state index is -0.371. The van der Waals surface area contributed by atoms with Crippen molar-refractivity contribution in [3.05, 3.63) is 47.5 Å². The van der Waals surface area contributed by atoms with E-state index in [-0.39, 0.29) is 18.0 Å². The Kier molecular flexibility index (Phi) is 5.97. The van der Waals surface area contributed by atoms with Crippen LogP contribution in [-0.4, -0.2) is 32.7 Å². The normalized spacial score (nSPS) is 16.3. The van der Waals surface area contributed by atoms with Crippen molar-refractivity contribution in [1.29, 1.82) is 0 Å². The lowest BCUT2D eigenvalue weighted by atomic mass is 10.2. The Morgan fingerprint density at radius 1 is 1.16 bits per heavy atom. The molecule has 5 rings (SSSR count). The number of carbonyl (C=O) groups is 1. The Morgan fingerprint density at radius 3 is 2.75 bits per heavy atom. The van der Waals surface area contributed by atoms with Gasteiger partial charge in [-0.1, -0.05) is 48.3 Å². The van der Waals surface area contributed by atoms with E-state index in [1.54, 1.807) is 18.2 Å². The number of ether oxygens (including phenoxy) is 2. The molecule has 2 aromatic carbocycles. The molecule has 1 aromatic heterocycles. The molecule has 1 amide bonds. The molecule has 0 radical (unpaired) electrons. The third-order valence-corrected chi connectivity index (χ3v) is 7.15. The van der Waals surface area contributed by atoms with Crippen LogP contribution in [0.25, 0.3) is 11.4 Å². The Labute approximate surface area is 195 Å². The number of thioether (sulfide) groups is 1. The maximum Gasteiger partial charge on any atom is 0.237 e. The lowest BCUT2D eigenvalue weighted by Gasteiger charge is -2.19. The molecule has 32 heavy (non-hydrogen) atoms. The summed E-state index contributed by atoms with van der Waals surface area (Å²) >= 11 is 7.87. The van der Waals surface area contributed by atoms with Crippen LogP contribution in [-0.2, 0) is 4.79 Å². The number of hydrogen-bond acceptors (Lipinski definition) is 6. The van der Waals surface area contributed by atoms with Crippen molar-refractivity contribution in [2.75, 3.05) is 12.1 Å². The van der Waals surface area contributed by atoms with Crippen LogP contribution in [0, 0.1) is 0 Å². The maximum absolute atomic E-state index is 12.9. The third-order valence-electron chi connectivity index (χ3n) is 5.76. The highest BCUT2D eigenvalue weighted by molar-refractivity contribution is 8.00. The van der Waals surface area contributed by atoms with E-state index in [2.05, 4.69) is 20.1 Å². The van der Waals surface area contributed by atoms with Crippen LogP contribution >= 0.6 is 23.4 Å². The van der Waals surface area contributed by atoms with Crippen LogP contribution in [0.2, 0.25) is 5.02 Å². The molecule has 0 saturated heterocycles. The second-order valence-corrected chi connectivity index (χ2v) is 9.63. The van der Waals surface area contributed by atoms with Gasteiger partial charge in [-0.05, 0) is 44.0 Å². The number of benzene rings is 2. The van der Waals surface area contributed by atoms with Crippen LogP contribution in [0.4, 0.5) is 5.69 Å². The summed E-state index contributed by atoms with van der Waals surface area (Å²) in [7, 11) is 0. The number of amides is 1. The number of hydrogen-bond donors (Lipinski definition) is 1. The fraction of sp³-hybridized carbons (Fsp3) is 0.348. The summed E-state index contributed by atoms with van der Waals surface area (Å²) in [5, 5.41) is 12.9. The number of halogens is 1. The number of fused-ring (bicyclic) bond motifs is 1. The summed E-state index contributed by atoms with van der Waals surface area (Å²) in [4.78, 5) is 12.9. The zero-order chi connectivity index (χ0) is 22.1. The molecule has 166 valence electrons. The Balaban J connectivity index is 1.37. The summed E-state index contributed by atoms with van der Waals surface area (Å²) < 4.78 is 12.9. The standard InChI is InChI=1S/C23H23ClN4O3S/c1-14(22(29)25-15-10-11-19-20(12-15)31-13-30-19)32-23-27-26-21(17-8-4-5-9-18(17)24)28(23)16-6-2-3-7-16/h4-5,8-12,14,16H,2-3,6-7,13H2,1H3,(H,25,29). The summed E-state index contributed by atoms with van der Waals surface area (Å²) in [6, 6.07) is 13.4. The Morgan fingerprint density at radius 2 is 1.94 bits per heavy atom. The average molecular weight is 471 g/mol. The number of rotatable bonds is 6. The summed E-state index contributed by atoms with van der Waals surface area (Å²) in [6.45, 7) is 2.07. The van der Waals surface area contributed by atoms with Crippen molar-refractivity contribution in [2.45, 2.75) is 49.1 Å². The first-order valence-corrected chi connectivity index (χ1v) is 11.9. The van der Waals surface area contributed by atoms with Crippen LogP contribution < -0.4 is 14.8 Å². The van der Waals surface area contributed by atoms with E-state index in [4.69, 9.17) is 21.1 Å². The second-order valence-electron chi connectivity index (χ2n) is 7.91. The Bertz CT molecular complexity index is 1150. The van der Waals surface area contributed by atoms with Gasteiger partial charge in [0, 0.05) is 23.4 Å². The summed E-state index contributed by atoms with van der Waals surface area (Å²) in [5.74, 6) is 1.96. The number of nitrogens with one attached hydrogen (secondary N) is 1. The molecular formula is C23H23ClN4O3S. The first-order valence-electron chi connectivity index (χ1n) is 10.7. The van der Waals surface area contributed by atoms with E-state index in [0.717, 1.165) is 29.4 Å². The van der Waals surface area contributed by atoms with E-state index in [1.807, 2.05) is 31.2 Å². The van der Waals surface area contributed by atoms with E-state index < -0.39 is 0 Å². The maximum atomic E-state index is 12.9. The molecule has 0 bridgehead atoms. The Hall–Kier alpha value is -2.71. The van der Waals surface area contributed by atoms with Crippen LogP contribution in [0.1, 0.15) is 38.6 Å². The van der Waals surface area contributed by atoms with Crippen LogP contribution in [0.3, 0.4) is 0 Å². The SMILES string of the molecule is CC(Sc1nnc(-c2ccccc2Cl)n1C1CCCC1)C(=O)Nc1ccc2c(c1)OCO2. The molecule has 1 saturated carbocycles. The van der Waals surface area contributed by atoms with Gasteiger partial charge in [-0.25, -0.2) is 0 Å². The quantitative estimate of drug-likeness (QED) is 0.475. The fourth-order valence-corrected chi connectivity index (χ4v) is 5.24. The van der Waals surface area contributed by atoms with Crippen molar-refractivity contribution < 1.29 is 14.3 Å². The molecule has 0 spiro atoms. The summed E-state index contributed by atoms with van der Waals surface area (Å²) in [6.07, 6.45) is 4.49. The van der Waals surface area contributed by atoms with Gasteiger partial charge in [0.25, 0.3) is 0 Å². The minimum Gasteiger partial charge on any atom is -0.454 e. The second kappa shape index (κ2) is 9.03. The lowest BCUT2D eigenvalue weighted by Crippen LogP contribution is -2.23. The van der Waals surface area contributed by atoms with Gasteiger partial charge in [-0.15, -0.1) is 10.2 Å². The molecule has 2 heterocycles. The van der Waals surface area contributed by atoms with E-state index in [1.165, 1.54) is 24.6 Å². The van der Waals surface area contributed by atoms with E-state index in [9.17, 15) is 4.79 Å². The third kappa shape index (κ3) is 4.17. The zero-order valence-electron chi connectivity index (χ0n) is 17.6. The highest BCUT2D eigenvalue weighted by Crippen LogP contribution is 2.39. The van der Waals surface area contributed by atoms with Gasteiger partial charge in [0.1, 0.15) is 0 Å². The van der Waals surface area contributed by atoms with Gasteiger partial charge in [0.2, 0.25) is 12.7 Å². The lowest BCUT2D eigenvalue weighted by molar-refractivity contribution is -0.115. The summed E-state index contributed by atoms with van der Waals surface area (Å²) in [5.41, 5.74) is 1.53. The van der Waals surface area contributed by atoms with Crippen molar-refractivity contribution in [1.82, 2.24) is 14.8 Å². The number of nitrogens with zero attached hydrogens (tertiary/aromatic N) is 3. The van der Waals surface area contributed by atoms with Crippen LogP contribution in [0.15, 0.2) is 47.6 Å². The van der Waals surface area contributed by atoms with Gasteiger partial charge in [-0.2, -0.15) is 0 Å². The average Bonchev–Trinajstić information content (AvgIpc) is 3.54. The van der Waals surface area contributed by atoms with Crippen molar-refractivity contribution in [2.24, 2.45) is 0 Å². The largest absolute Gasteiger partial charge is 0.454 e. The minimum absolute atomic E-state index is 0.117. The monoisotopic (exact) mass is 470 g/mol. The van der Waals surface area contributed by atoms with E-state index in [0.29, 0.717) is 28.3 Å². The predicted molar refractivity (Wildman–Crippen MR) is 124 cm³/mol. The first-order chi connectivity index (χ1) is 15.6. The molecule has 1 atom stereocenters. The fourth-order valence-electron chi connectivity index (χ4n) is 4.11. The molecule has 1 aliphatic heterocycles. The number of carbonyl (C=O) groups excluding carboxylic acids is 1. The van der Waals surface area contributed by atoms with Gasteiger partial charge in [-0.3, -0.25) is 9.36 Å². The van der Waals surface area contributed by atoms with E-state index >= 15 is 0 Å². The predicted octanol–water partition coefficient (Wildman–Crippen LogP) is 5.56. The smallest absolute Gasteiger partial charge is 0.237 e. The van der Waals surface area contributed by atoms with Gasteiger partial charge < -0.3 is 14.8 Å². The zero-order valence-corrected chi connectivity index (χ0v) is 19.2. The highest BCUT2D eigenvalue weighted by atomic mass is 35.5. The molecule has 1 unspecified atom stereocenters. The molecule has 1 fully saturated rings. The first kappa shape index (κ1) is 21.2. The molecular weight excluding hydrogens is 448 g/mol. The molecule has 9 heteroatoms. The van der Waals surface area contributed by atoms with Crippen molar-refractivity contribution in [3.8, 4) is 22.9 Å². The molecule has 2 aliphatic rings. The molecule has 3 aromatic rings. The van der Waals surface area contributed by atoms with Gasteiger partial charge >= 0.3 is 0 Å². The highest BCUT2D eigenvalue weighted by Gasteiger charge is 2.28. The number of aromatic nitrogens is 3. The number of anilines is 1. The molecule has 1 N–H and O–H groups in total. The van der Waals surface area contributed by atoms with Crippen LogP contribution in [0.5, 0.6) is 11.5 Å². The van der Waals surface area contributed by atoms with Gasteiger partial charge in [0.15, 0.2) is 22.5 Å². The van der Waals surface area contributed by atoms with Gasteiger partial charge in [0.05, 0.1) is 10.3 Å².